The van der Waals surface area contributed by atoms with Gasteiger partial charge >= 0.3 is 5.76 Å². The van der Waals surface area contributed by atoms with E-state index in [0.717, 1.165) is 12.8 Å². The number of rotatable bonds is 7. The van der Waals surface area contributed by atoms with Gasteiger partial charge in [0.2, 0.25) is 0 Å². The molecule has 0 saturated heterocycles. The monoisotopic (exact) mass is 230 g/mol. The summed E-state index contributed by atoms with van der Waals surface area (Å²) in [6.07, 6.45) is 2.11. The first-order valence-corrected chi connectivity index (χ1v) is 5.98. The third-order valence-corrected chi connectivity index (χ3v) is 2.89. The molecule has 0 aromatic carbocycles. The van der Waals surface area contributed by atoms with Crippen molar-refractivity contribution in [2.75, 3.05) is 6.54 Å². The van der Waals surface area contributed by atoms with Crippen molar-refractivity contribution >= 4 is 10.0 Å². The molecule has 14 heavy (non-hydrogen) atoms. The van der Waals surface area contributed by atoms with Gasteiger partial charge < -0.3 is 5.73 Å². The molecule has 1 unspecified atom stereocenters. The Morgan fingerprint density at radius 1 is 1.43 bits per heavy atom. The first-order chi connectivity index (χ1) is 6.44. The van der Waals surface area contributed by atoms with Crippen LogP contribution in [-0.2, 0) is 10.0 Å². The Kier molecular flexibility index (Phi) is 6.14. The van der Waals surface area contributed by atoms with Gasteiger partial charge in [0.25, 0.3) is 10.0 Å². The Bertz CT molecular complexity index is 244. The van der Waals surface area contributed by atoms with Gasteiger partial charge in [-0.1, -0.05) is 19.8 Å². The minimum Gasteiger partial charge on any atom is -0.329 e. The van der Waals surface area contributed by atoms with Gasteiger partial charge in [0, 0.05) is 12.6 Å². The summed E-state index contributed by atoms with van der Waals surface area (Å²) in [5.41, 5.74) is 5.25. The Balaban J connectivity index is 4.17. The SMILES string of the molecule is CCCCC(CN)NS(=O)(=O)C(F)F. The number of sulfonamides is 1. The average molecular weight is 230 g/mol. The second kappa shape index (κ2) is 6.26. The molecule has 3 N–H and O–H groups in total. The molecule has 7 heteroatoms. The number of halogens is 2. The molecule has 0 saturated carbocycles. The van der Waals surface area contributed by atoms with Crippen LogP contribution in [0.1, 0.15) is 26.2 Å². The van der Waals surface area contributed by atoms with Crippen molar-refractivity contribution in [3.63, 3.8) is 0 Å². The number of nitrogens with one attached hydrogen (secondary N) is 1. The molecule has 4 nitrogen and oxygen atoms in total. The number of alkyl halides is 2. The van der Waals surface area contributed by atoms with Crippen molar-refractivity contribution in [1.82, 2.24) is 4.72 Å². The fourth-order valence-electron chi connectivity index (χ4n) is 0.959. The molecule has 0 radical (unpaired) electrons. The molecule has 0 rings (SSSR count). The van der Waals surface area contributed by atoms with Gasteiger partial charge in [-0.15, -0.1) is 0 Å². The molecule has 0 bridgehead atoms. The molecule has 1 atom stereocenters. The topological polar surface area (TPSA) is 72.2 Å². The van der Waals surface area contributed by atoms with Gasteiger partial charge in [0.1, 0.15) is 0 Å². The van der Waals surface area contributed by atoms with E-state index in [1.165, 1.54) is 0 Å². The largest absolute Gasteiger partial charge is 0.350 e. The van der Waals surface area contributed by atoms with Gasteiger partial charge in [0.15, 0.2) is 0 Å². The lowest BCUT2D eigenvalue weighted by atomic mass is 10.1. The molecular formula is C7H16F2N2O2S. The van der Waals surface area contributed by atoms with Crippen LogP contribution in [0.4, 0.5) is 8.78 Å². The number of nitrogens with two attached hydrogens (primary N) is 1. The molecule has 0 amide bonds. The molecular weight excluding hydrogens is 214 g/mol. The second-order valence-corrected chi connectivity index (χ2v) is 4.68. The maximum atomic E-state index is 11.9. The first kappa shape index (κ1) is 13.7. The van der Waals surface area contributed by atoms with Gasteiger partial charge in [-0.25, -0.2) is 13.1 Å². The molecule has 0 aliphatic heterocycles. The van der Waals surface area contributed by atoms with E-state index in [9.17, 15) is 17.2 Å². The van der Waals surface area contributed by atoms with Crippen molar-refractivity contribution in [3.05, 3.63) is 0 Å². The van der Waals surface area contributed by atoms with Crippen LogP contribution in [0.15, 0.2) is 0 Å². The highest BCUT2D eigenvalue weighted by atomic mass is 32.2. The highest BCUT2D eigenvalue weighted by molar-refractivity contribution is 7.89. The summed E-state index contributed by atoms with van der Waals surface area (Å²) in [6.45, 7) is 1.96. The molecule has 0 aromatic heterocycles. The molecule has 0 aromatic rings. The lowest BCUT2D eigenvalue weighted by Crippen LogP contribution is -2.42. The summed E-state index contributed by atoms with van der Waals surface area (Å²) in [4.78, 5) is 0. The van der Waals surface area contributed by atoms with E-state index in [0.29, 0.717) is 6.42 Å². The number of hydrogen-bond donors (Lipinski definition) is 2. The smallest absolute Gasteiger partial charge is 0.329 e. The van der Waals surface area contributed by atoms with Crippen molar-refractivity contribution < 1.29 is 17.2 Å². The minimum absolute atomic E-state index is 0.0337. The van der Waals surface area contributed by atoms with Crippen LogP contribution in [0.2, 0.25) is 0 Å². The van der Waals surface area contributed by atoms with Crippen LogP contribution >= 0.6 is 0 Å². The van der Waals surface area contributed by atoms with E-state index in [4.69, 9.17) is 5.73 Å². The van der Waals surface area contributed by atoms with E-state index in [2.05, 4.69) is 0 Å². The number of unbranched alkanes of at least 4 members (excludes halogenated alkanes) is 1. The highest BCUT2D eigenvalue weighted by Crippen LogP contribution is 2.06. The third kappa shape index (κ3) is 4.83. The lowest BCUT2D eigenvalue weighted by molar-refractivity contribution is 0.231. The molecule has 0 aliphatic rings. The van der Waals surface area contributed by atoms with E-state index in [1.807, 2.05) is 11.6 Å². The summed E-state index contributed by atoms with van der Waals surface area (Å²) < 4.78 is 47.2. The predicted molar refractivity (Wildman–Crippen MR) is 50.4 cm³/mol. The number of hydrogen-bond acceptors (Lipinski definition) is 3. The second-order valence-electron chi connectivity index (χ2n) is 3.00. The molecule has 0 heterocycles. The van der Waals surface area contributed by atoms with E-state index >= 15 is 0 Å². The first-order valence-electron chi connectivity index (χ1n) is 4.43. The average Bonchev–Trinajstić information content (AvgIpc) is 2.11. The van der Waals surface area contributed by atoms with E-state index in [-0.39, 0.29) is 6.54 Å². The molecule has 0 aliphatic carbocycles. The van der Waals surface area contributed by atoms with Crippen LogP contribution in [0.25, 0.3) is 0 Å². The Hall–Kier alpha value is -0.270. The molecule has 0 spiro atoms. The van der Waals surface area contributed by atoms with Crippen molar-refractivity contribution in [1.29, 1.82) is 0 Å². The van der Waals surface area contributed by atoms with Gasteiger partial charge in [-0.2, -0.15) is 8.78 Å². The Morgan fingerprint density at radius 2 is 2.00 bits per heavy atom. The molecule has 86 valence electrons. The maximum absolute atomic E-state index is 11.9. The molecule has 0 fully saturated rings. The van der Waals surface area contributed by atoms with Crippen molar-refractivity contribution in [3.8, 4) is 0 Å². The van der Waals surface area contributed by atoms with Gasteiger partial charge in [-0.05, 0) is 6.42 Å². The van der Waals surface area contributed by atoms with Gasteiger partial charge in [-0.3, -0.25) is 0 Å². The van der Waals surface area contributed by atoms with Crippen LogP contribution in [-0.4, -0.2) is 26.8 Å². The quantitative estimate of drug-likeness (QED) is 0.674. The minimum atomic E-state index is -4.50. The van der Waals surface area contributed by atoms with E-state index in [1.54, 1.807) is 0 Å². The van der Waals surface area contributed by atoms with Crippen molar-refractivity contribution in [2.24, 2.45) is 5.73 Å². The summed E-state index contributed by atoms with van der Waals surface area (Å²) in [5.74, 6) is -3.39. The lowest BCUT2D eigenvalue weighted by Gasteiger charge is -2.15. The maximum Gasteiger partial charge on any atom is 0.350 e. The zero-order valence-electron chi connectivity index (χ0n) is 8.04. The summed E-state index contributed by atoms with van der Waals surface area (Å²) in [6, 6.07) is -0.589. The summed E-state index contributed by atoms with van der Waals surface area (Å²) >= 11 is 0. The van der Waals surface area contributed by atoms with Crippen LogP contribution in [0.5, 0.6) is 0 Å². The summed E-state index contributed by atoms with van der Waals surface area (Å²) in [5, 5.41) is 0. The van der Waals surface area contributed by atoms with Crippen LogP contribution < -0.4 is 10.5 Å². The fourth-order valence-corrected chi connectivity index (χ4v) is 1.74. The fraction of sp³-hybridized carbons (Fsp3) is 1.00. The zero-order chi connectivity index (χ0) is 11.2. The highest BCUT2D eigenvalue weighted by Gasteiger charge is 2.26. The van der Waals surface area contributed by atoms with Crippen LogP contribution in [0.3, 0.4) is 0 Å². The van der Waals surface area contributed by atoms with E-state index < -0.39 is 21.8 Å². The normalized spacial score (nSPS) is 14.6. The third-order valence-electron chi connectivity index (χ3n) is 1.76. The standard InChI is InChI=1S/C7H16F2N2O2S/c1-2-3-4-6(5-10)11-14(12,13)7(8)9/h6-7,11H,2-5,10H2,1H3. The Morgan fingerprint density at radius 3 is 2.36 bits per heavy atom. The van der Waals surface area contributed by atoms with Gasteiger partial charge in [0.05, 0.1) is 0 Å². The zero-order valence-corrected chi connectivity index (χ0v) is 8.86. The van der Waals surface area contributed by atoms with Crippen molar-refractivity contribution in [2.45, 2.75) is 38.0 Å². The summed E-state index contributed by atoms with van der Waals surface area (Å²) in [7, 11) is -4.50. The Labute approximate surface area is 82.9 Å². The van der Waals surface area contributed by atoms with Crippen LogP contribution in [0, 0.1) is 0 Å². The predicted octanol–water partition coefficient (Wildman–Crippen LogP) is 0.646.